The van der Waals surface area contributed by atoms with Gasteiger partial charge in [0.1, 0.15) is 11.9 Å². The quantitative estimate of drug-likeness (QED) is 0.268. The van der Waals surface area contributed by atoms with Gasteiger partial charge in [-0.3, -0.25) is 9.79 Å². The molecule has 0 aromatic carbocycles. The maximum absolute atomic E-state index is 12.5. The van der Waals surface area contributed by atoms with Crippen LogP contribution in [-0.2, 0) is 16.0 Å². The Morgan fingerprint density at radius 2 is 2.07 bits per heavy atom. The largest absolute Gasteiger partial charge is 0.469 e. The number of furan rings is 1. The van der Waals surface area contributed by atoms with Crippen molar-refractivity contribution in [1.82, 2.24) is 15.1 Å². The van der Waals surface area contributed by atoms with Crippen molar-refractivity contribution in [3.05, 3.63) is 24.2 Å². The lowest BCUT2D eigenvalue weighted by Crippen LogP contribution is -2.55. The molecule has 0 radical (unpaired) electrons. The molecule has 1 unspecified atom stereocenters. The van der Waals surface area contributed by atoms with E-state index < -0.39 is 0 Å². The molecule has 1 aromatic rings. The Bertz CT molecular complexity index is 595. The average Bonchev–Trinajstić information content (AvgIpc) is 3.41. The topological polar surface area (TPSA) is 70.3 Å². The molecule has 2 fully saturated rings. The van der Waals surface area contributed by atoms with Gasteiger partial charge in [-0.25, -0.2) is 0 Å². The number of nitrogens with one attached hydrogen (secondary N) is 1. The number of nitrogens with zero attached hydrogens (tertiary/aromatic N) is 3. The number of carbonyl (C=O) groups is 1. The van der Waals surface area contributed by atoms with Gasteiger partial charge in [-0.1, -0.05) is 13.3 Å². The molecule has 1 N–H and O–H groups in total. The zero-order valence-corrected chi connectivity index (χ0v) is 19.1. The van der Waals surface area contributed by atoms with Crippen LogP contribution in [-0.4, -0.2) is 73.6 Å². The lowest BCUT2D eigenvalue weighted by molar-refractivity contribution is -0.142. The minimum absolute atomic E-state index is 0. The molecule has 3 rings (SSSR count). The van der Waals surface area contributed by atoms with Crippen molar-refractivity contribution < 1.29 is 13.9 Å². The van der Waals surface area contributed by atoms with E-state index in [1.54, 1.807) is 6.26 Å². The lowest BCUT2D eigenvalue weighted by atomic mass is 10.2. The summed E-state index contributed by atoms with van der Waals surface area (Å²) in [5, 5.41) is 3.47. The molecule has 7 nitrogen and oxygen atoms in total. The molecular formula is C20H33IN4O3. The van der Waals surface area contributed by atoms with E-state index in [2.05, 4.69) is 17.1 Å². The summed E-state index contributed by atoms with van der Waals surface area (Å²) in [6.07, 6.45) is 6.38. The first-order valence-electron chi connectivity index (χ1n) is 10.2. The SMILES string of the molecule is CCCCN=C(NCCc1ccco1)N1CCN(C(=O)C2CCCO2)CC1.I. The van der Waals surface area contributed by atoms with Gasteiger partial charge in [-0.05, 0) is 31.4 Å². The third kappa shape index (κ3) is 6.65. The van der Waals surface area contributed by atoms with Crippen molar-refractivity contribution in [1.29, 1.82) is 0 Å². The summed E-state index contributed by atoms with van der Waals surface area (Å²) in [5.41, 5.74) is 0. The monoisotopic (exact) mass is 504 g/mol. The van der Waals surface area contributed by atoms with Crippen molar-refractivity contribution >= 4 is 35.8 Å². The number of rotatable bonds is 7. The summed E-state index contributed by atoms with van der Waals surface area (Å²) in [7, 11) is 0. The minimum atomic E-state index is -0.222. The van der Waals surface area contributed by atoms with E-state index in [1.807, 2.05) is 17.0 Å². The number of ether oxygens (including phenoxy) is 1. The van der Waals surface area contributed by atoms with Crippen molar-refractivity contribution in [2.75, 3.05) is 45.9 Å². The fraction of sp³-hybridized carbons (Fsp3) is 0.700. The summed E-state index contributed by atoms with van der Waals surface area (Å²) in [4.78, 5) is 21.5. The second kappa shape index (κ2) is 12.3. The molecule has 2 saturated heterocycles. The molecule has 0 bridgehead atoms. The lowest BCUT2D eigenvalue weighted by Gasteiger charge is -2.37. The fourth-order valence-electron chi connectivity index (χ4n) is 3.48. The number of unbranched alkanes of at least 4 members (excludes halogenated alkanes) is 1. The second-order valence-corrected chi connectivity index (χ2v) is 7.13. The van der Waals surface area contributed by atoms with Gasteiger partial charge in [-0.15, -0.1) is 24.0 Å². The molecule has 1 atom stereocenters. The molecule has 2 aliphatic rings. The molecule has 2 aliphatic heterocycles. The molecule has 28 heavy (non-hydrogen) atoms. The normalized spacial score (nSPS) is 20.2. The highest BCUT2D eigenvalue weighted by atomic mass is 127. The number of hydrogen-bond acceptors (Lipinski definition) is 4. The smallest absolute Gasteiger partial charge is 0.251 e. The minimum Gasteiger partial charge on any atom is -0.469 e. The number of amides is 1. The first kappa shape index (κ1) is 23.0. The Morgan fingerprint density at radius 3 is 2.71 bits per heavy atom. The number of halogens is 1. The molecule has 0 spiro atoms. The Hall–Kier alpha value is -1.29. The van der Waals surface area contributed by atoms with E-state index >= 15 is 0 Å². The molecule has 158 valence electrons. The van der Waals surface area contributed by atoms with Crippen LogP contribution < -0.4 is 5.32 Å². The summed E-state index contributed by atoms with van der Waals surface area (Å²) in [6, 6.07) is 3.90. The highest BCUT2D eigenvalue weighted by Crippen LogP contribution is 2.16. The number of carbonyl (C=O) groups excluding carboxylic acids is 1. The third-order valence-electron chi connectivity index (χ3n) is 5.10. The molecule has 0 saturated carbocycles. The van der Waals surface area contributed by atoms with Crippen molar-refractivity contribution in [3.63, 3.8) is 0 Å². The van der Waals surface area contributed by atoms with E-state index in [0.29, 0.717) is 6.61 Å². The average molecular weight is 504 g/mol. The van der Waals surface area contributed by atoms with Crippen LogP contribution >= 0.6 is 24.0 Å². The van der Waals surface area contributed by atoms with Crippen LogP contribution in [0.1, 0.15) is 38.4 Å². The molecule has 1 amide bonds. The van der Waals surface area contributed by atoms with E-state index in [1.165, 1.54) is 0 Å². The molecule has 1 aromatic heterocycles. The van der Waals surface area contributed by atoms with Gasteiger partial charge in [0.05, 0.1) is 6.26 Å². The summed E-state index contributed by atoms with van der Waals surface area (Å²) < 4.78 is 10.9. The fourth-order valence-corrected chi connectivity index (χ4v) is 3.48. The Balaban J connectivity index is 0.00000280. The van der Waals surface area contributed by atoms with Gasteiger partial charge >= 0.3 is 0 Å². The second-order valence-electron chi connectivity index (χ2n) is 7.13. The van der Waals surface area contributed by atoms with Gasteiger partial charge < -0.3 is 24.3 Å². The van der Waals surface area contributed by atoms with Crippen LogP contribution in [0.15, 0.2) is 27.8 Å². The van der Waals surface area contributed by atoms with Crippen molar-refractivity contribution in [2.24, 2.45) is 4.99 Å². The van der Waals surface area contributed by atoms with Crippen molar-refractivity contribution in [2.45, 2.75) is 45.1 Å². The predicted octanol–water partition coefficient (Wildman–Crippen LogP) is 2.51. The van der Waals surface area contributed by atoms with Crippen LogP contribution in [0.25, 0.3) is 0 Å². The summed E-state index contributed by atoms with van der Waals surface area (Å²) in [6.45, 7) is 7.56. The Morgan fingerprint density at radius 1 is 1.29 bits per heavy atom. The Kier molecular flexibility index (Phi) is 10.1. The molecule has 3 heterocycles. The standard InChI is InChI=1S/C20H32N4O3.HI/c1-2-3-9-21-20(22-10-8-17-6-4-15-26-17)24-13-11-23(12-14-24)19(25)18-7-5-16-27-18;/h4,6,15,18H,2-3,5,7-14,16H2,1H3,(H,21,22);1H. The summed E-state index contributed by atoms with van der Waals surface area (Å²) in [5.74, 6) is 2.07. The third-order valence-corrected chi connectivity index (χ3v) is 5.10. The number of piperazine rings is 1. The van der Waals surface area contributed by atoms with Gasteiger partial charge in [0.2, 0.25) is 0 Å². The van der Waals surface area contributed by atoms with E-state index in [4.69, 9.17) is 14.1 Å². The maximum Gasteiger partial charge on any atom is 0.251 e. The summed E-state index contributed by atoms with van der Waals surface area (Å²) >= 11 is 0. The number of guanidine groups is 1. The molecular weight excluding hydrogens is 471 g/mol. The maximum atomic E-state index is 12.5. The molecule has 0 aliphatic carbocycles. The van der Waals surface area contributed by atoms with E-state index in [-0.39, 0.29) is 36.0 Å². The first-order valence-corrected chi connectivity index (χ1v) is 10.2. The van der Waals surface area contributed by atoms with Gasteiger partial charge in [0, 0.05) is 52.3 Å². The first-order chi connectivity index (χ1) is 13.3. The highest BCUT2D eigenvalue weighted by Gasteiger charge is 2.30. The number of aliphatic imine (C=N–C) groups is 1. The van der Waals surface area contributed by atoms with Crippen LogP contribution in [0.3, 0.4) is 0 Å². The van der Waals surface area contributed by atoms with Gasteiger partial charge in [-0.2, -0.15) is 0 Å². The zero-order chi connectivity index (χ0) is 18.9. The van der Waals surface area contributed by atoms with Crippen LogP contribution in [0.5, 0.6) is 0 Å². The van der Waals surface area contributed by atoms with Gasteiger partial charge in [0.15, 0.2) is 5.96 Å². The van der Waals surface area contributed by atoms with E-state index in [0.717, 1.165) is 83.1 Å². The van der Waals surface area contributed by atoms with Crippen LogP contribution in [0, 0.1) is 0 Å². The van der Waals surface area contributed by atoms with Crippen molar-refractivity contribution in [3.8, 4) is 0 Å². The molecule has 8 heteroatoms. The highest BCUT2D eigenvalue weighted by molar-refractivity contribution is 14.0. The van der Waals surface area contributed by atoms with Crippen LogP contribution in [0.2, 0.25) is 0 Å². The number of hydrogen-bond donors (Lipinski definition) is 1. The van der Waals surface area contributed by atoms with Gasteiger partial charge in [0.25, 0.3) is 5.91 Å². The Labute approximate surface area is 184 Å². The van der Waals surface area contributed by atoms with E-state index in [9.17, 15) is 4.79 Å². The zero-order valence-electron chi connectivity index (χ0n) is 16.8. The van der Waals surface area contributed by atoms with Crippen LogP contribution in [0.4, 0.5) is 0 Å². The predicted molar refractivity (Wildman–Crippen MR) is 120 cm³/mol.